The van der Waals surface area contributed by atoms with E-state index >= 15 is 0 Å². The van der Waals surface area contributed by atoms with Crippen molar-refractivity contribution in [3.8, 4) is 0 Å². The van der Waals surface area contributed by atoms with Gasteiger partial charge in [0.15, 0.2) is 0 Å². The Hall–Kier alpha value is 2.99. The minimum atomic E-state index is -1.38. The van der Waals surface area contributed by atoms with Crippen LogP contribution in [0.2, 0.25) is 0 Å². The maximum absolute atomic E-state index is 4.96. The average molecular weight is 464 g/mol. The van der Waals surface area contributed by atoms with Crippen molar-refractivity contribution in [2.24, 2.45) is 0 Å². The molecule has 0 aliphatic heterocycles. The SMILES string of the molecule is [S]=[V]([I])([I])[I]. The first-order valence-electron chi connectivity index (χ1n) is 0.690. The fraction of sp³-hybridized carbons (Fsp3) is 0. The second kappa shape index (κ2) is 3.11. The van der Waals surface area contributed by atoms with Gasteiger partial charge in [-0.3, -0.25) is 0 Å². The van der Waals surface area contributed by atoms with Crippen LogP contribution in [0.3, 0.4) is 0 Å². The van der Waals surface area contributed by atoms with Crippen LogP contribution in [0.15, 0.2) is 0 Å². The van der Waals surface area contributed by atoms with Crippen LogP contribution in [-0.2, 0) is 2.09 Å². The molecule has 0 aliphatic rings. The van der Waals surface area contributed by atoms with E-state index in [0.29, 0.717) is 0 Å². The Bertz CT molecular complexity index is 53.0. The van der Waals surface area contributed by atoms with E-state index in [9.17, 15) is 0 Å². The normalized spacial score (nSPS) is 11.8. The summed E-state index contributed by atoms with van der Waals surface area (Å²) >= 11 is 7.01. The Morgan fingerprint density at radius 2 is 1.20 bits per heavy atom. The van der Waals surface area contributed by atoms with Gasteiger partial charge in [0.2, 0.25) is 0 Å². The van der Waals surface area contributed by atoms with Gasteiger partial charge in [0.1, 0.15) is 0 Å². The molecule has 0 amide bonds. The van der Waals surface area contributed by atoms with Crippen LogP contribution < -0.4 is 0 Å². The second-order valence-electron chi connectivity index (χ2n) is 0.399. The molecular weight excluding hydrogens is 464 g/mol. The van der Waals surface area contributed by atoms with Crippen LogP contribution in [-0.4, -0.2) is 0 Å². The van der Waals surface area contributed by atoms with E-state index in [1.165, 1.54) is 0 Å². The van der Waals surface area contributed by atoms with E-state index in [1.54, 1.807) is 0 Å². The zero-order valence-electron chi connectivity index (χ0n) is 1.99. The Morgan fingerprint density at radius 1 is 1.20 bits per heavy atom. The summed E-state index contributed by atoms with van der Waals surface area (Å²) in [6.07, 6.45) is 0. The average Bonchev–Trinajstić information content (AvgIpc) is 0.722. The minimum absolute atomic E-state index is 1.38. The van der Waals surface area contributed by atoms with E-state index in [-0.39, 0.29) is 0 Å². The fourth-order valence-electron chi connectivity index (χ4n) is 0. The van der Waals surface area contributed by atoms with Gasteiger partial charge < -0.3 is 0 Å². The van der Waals surface area contributed by atoms with Crippen LogP contribution in [0, 0.1) is 0 Å². The number of halogens is 3. The van der Waals surface area contributed by atoms with E-state index in [0.717, 1.165) is 0 Å². The molecule has 0 aromatic carbocycles. The Balaban J connectivity index is 3.47. The molecule has 0 aromatic heterocycles. The van der Waals surface area contributed by atoms with E-state index in [1.807, 2.05) is 0 Å². The summed E-state index contributed by atoms with van der Waals surface area (Å²) in [6, 6.07) is 0. The van der Waals surface area contributed by atoms with Gasteiger partial charge in [0, 0.05) is 0 Å². The molecular formula is I3SV. The topological polar surface area (TPSA) is 0 Å². The molecule has 0 spiro atoms. The summed E-state index contributed by atoms with van der Waals surface area (Å²) in [6.45, 7) is 0. The predicted octanol–water partition coefficient (Wildman–Crippen LogP) is 3.30. The number of hydrogen-bond acceptors (Lipinski definition) is 1. The van der Waals surface area contributed by atoms with Crippen molar-refractivity contribution >= 4 is 70.2 Å². The van der Waals surface area contributed by atoms with Gasteiger partial charge in [-0.1, -0.05) is 0 Å². The molecule has 0 bridgehead atoms. The molecule has 0 atom stereocenters. The molecule has 5 heteroatoms. The summed E-state index contributed by atoms with van der Waals surface area (Å²) < 4.78 is -1.38. The van der Waals surface area contributed by atoms with Crippen LogP contribution in [0.1, 0.15) is 0 Å². The van der Waals surface area contributed by atoms with Gasteiger partial charge in [-0.2, -0.15) is 0 Å². The number of rotatable bonds is 0. The Kier molecular flexibility index (Phi) is 4.97. The maximum atomic E-state index is 4.96. The zero-order chi connectivity index (χ0) is 4.50. The van der Waals surface area contributed by atoms with Crippen molar-refractivity contribution in [1.82, 2.24) is 0 Å². The molecule has 0 unspecified atom stereocenters. The van der Waals surface area contributed by atoms with Crippen molar-refractivity contribution in [3.63, 3.8) is 0 Å². The third kappa shape index (κ3) is 19.5. The standard InChI is InChI=1S/3HI.S.V/h3*1H;;/q;;;;+3/p-3. The first-order valence-corrected chi connectivity index (χ1v) is 16.3. The summed E-state index contributed by atoms with van der Waals surface area (Å²) in [5, 5.41) is 0. The van der Waals surface area contributed by atoms with Gasteiger partial charge in [-0.15, -0.1) is 0 Å². The van der Waals surface area contributed by atoms with Gasteiger partial charge in [0.25, 0.3) is 0 Å². The Morgan fingerprint density at radius 3 is 1.20 bits per heavy atom. The molecule has 0 nitrogen and oxygen atoms in total. The monoisotopic (exact) mass is 464 g/mol. The van der Waals surface area contributed by atoms with Crippen molar-refractivity contribution in [2.75, 3.05) is 0 Å². The van der Waals surface area contributed by atoms with Crippen molar-refractivity contribution in [2.45, 2.75) is 0 Å². The molecule has 0 radical (unpaired) electrons. The summed E-state index contributed by atoms with van der Waals surface area (Å²) in [5.74, 6) is 0. The van der Waals surface area contributed by atoms with Crippen LogP contribution in [0.5, 0.6) is 0 Å². The molecule has 5 heavy (non-hydrogen) atoms. The third-order valence-electron chi connectivity index (χ3n) is 0. The molecule has 0 heterocycles. The first kappa shape index (κ1) is 7.99. The Labute approximate surface area is 70.3 Å². The van der Waals surface area contributed by atoms with Gasteiger partial charge >= 0.3 is 72.3 Å². The van der Waals surface area contributed by atoms with Gasteiger partial charge in [-0.25, -0.2) is 0 Å². The van der Waals surface area contributed by atoms with E-state index in [2.05, 4.69) is 59.9 Å². The van der Waals surface area contributed by atoms with Crippen LogP contribution >= 0.6 is 70.2 Å². The van der Waals surface area contributed by atoms with Crippen molar-refractivity contribution in [1.29, 1.82) is 0 Å². The van der Waals surface area contributed by atoms with Crippen molar-refractivity contribution in [3.05, 3.63) is 0 Å². The molecule has 0 saturated heterocycles. The van der Waals surface area contributed by atoms with Crippen LogP contribution in [0.25, 0.3) is 0 Å². The molecule has 0 rings (SSSR count). The quantitative estimate of drug-likeness (QED) is 0.497. The van der Waals surface area contributed by atoms with E-state index in [4.69, 9.17) is 10.3 Å². The van der Waals surface area contributed by atoms with Crippen LogP contribution in [0.4, 0.5) is 0 Å². The zero-order valence-corrected chi connectivity index (χ0v) is 10.7. The summed E-state index contributed by atoms with van der Waals surface area (Å²) in [5.41, 5.74) is 0. The fourth-order valence-corrected chi connectivity index (χ4v) is 0. The molecule has 0 fully saturated rings. The molecule has 32 valence electrons. The summed E-state index contributed by atoms with van der Waals surface area (Å²) in [4.78, 5) is 0. The second-order valence-corrected chi connectivity index (χ2v) is 52.7. The third-order valence-corrected chi connectivity index (χ3v) is 0. The summed E-state index contributed by atoms with van der Waals surface area (Å²) in [7, 11) is 4.96. The molecule has 0 N–H and O–H groups in total. The predicted molar refractivity (Wildman–Crippen MR) is 49.7 cm³/mol. The number of hydrogen-bond donors (Lipinski definition) is 0. The van der Waals surface area contributed by atoms with Crippen molar-refractivity contribution < 1.29 is 2.09 Å². The molecule has 0 aromatic rings. The first-order chi connectivity index (χ1) is 2.00. The van der Waals surface area contributed by atoms with E-state index < -0.39 is 2.09 Å². The van der Waals surface area contributed by atoms with Gasteiger partial charge in [-0.05, 0) is 0 Å². The van der Waals surface area contributed by atoms with Gasteiger partial charge in [0.05, 0.1) is 0 Å². The molecule has 0 aliphatic carbocycles. The molecule has 0 saturated carbocycles.